The average Bonchev–Trinajstić information content (AvgIpc) is 2.48. The highest BCUT2D eigenvalue weighted by Gasteiger charge is 2.19. The molecule has 0 aromatic carbocycles. The van der Waals surface area contributed by atoms with E-state index >= 15 is 0 Å². The molecule has 0 spiro atoms. The van der Waals surface area contributed by atoms with Crippen molar-refractivity contribution < 1.29 is 0 Å². The van der Waals surface area contributed by atoms with E-state index in [-0.39, 0.29) is 0 Å². The molecule has 14 heavy (non-hydrogen) atoms. The fourth-order valence-electron chi connectivity index (χ4n) is 1.59. The lowest BCUT2D eigenvalue weighted by atomic mass is 10.2. The summed E-state index contributed by atoms with van der Waals surface area (Å²) < 4.78 is 0. The molecular weight excluding hydrogens is 194 g/mol. The summed E-state index contributed by atoms with van der Waals surface area (Å²) >= 11 is 5.21. The van der Waals surface area contributed by atoms with Crippen LogP contribution in [0.2, 0.25) is 0 Å². The van der Waals surface area contributed by atoms with Crippen LogP contribution in [0.5, 0.6) is 0 Å². The molecule has 0 bridgehead atoms. The van der Waals surface area contributed by atoms with Crippen molar-refractivity contribution in [1.82, 2.24) is 15.5 Å². The number of likely N-dealkylation sites (N-methyl/N-ethyl adjacent to an activating group) is 1. The highest BCUT2D eigenvalue weighted by Crippen LogP contribution is 2.05. The normalized spacial score (nSPS) is 22.7. The second-order valence-electron chi connectivity index (χ2n) is 4.50. The lowest BCUT2D eigenvalue weighted by Crippen LogP contribution is -2.43. The lowest BCUT2D eigenvalue weighted by Gasteiger charge is -2.17. The zero-order chi connectivity index (χ0) is 10.6. The van der Waals surface area contributed by atoms with Crippen LogP contribution < -0.4 is 10.6 Å². The van der Waals surface area contributed by atoms with Gasteiger partial charge in [0.15, 0.2) is 5.11 Å². The first-order chi connectivity index (χ1) is 6.58. The third kappa shape index (κ3) is 4.24. The van der Waals surface area contributed by atoms with Crippen LogP contribution in [0, 0.1) is 5.92 Å². The molecule has 4 heteroatoms. The van der Waals surface area contributed by atoms with Crippen molar-refractivity contribution in [3.05, 3.63) is 0 Å². The second-order valence-corrected chi connectivity index (χ2v) is 4.90. The largest absolute Gasteiger partial charge is 0.362 e. The second kappa shape index (κ2) is 5.51. The van der Waals surface area contributed by atoms with Crippen LogP contribution in [-0.4, -0.2) is 42.7 Å². The van der Waals surface area contributed by atoms with Crippen molar-refractivity contribution in [2.45, 2.75) is 26.3 Å². The van der Waals surface area contributed by atoms with Gasteiger partial charge in [0.25, 0.3) is 0 Å². The third-order valence-electron chi connectivity index (χ3n) is 2.40. The Kier molecular flexibility index (Phi) is 4.62. The first-order valence-electron chi connectivity index (χ1n) is 5.31. The predicted octanol–water partition coefficient (Wildman–Crippen LogP) is 0.811. The van der Waals surface area contributed by atoms with Crippen LogP contribution in [0.15, 0.2) is 0 Å². The van der Waals surface area contributed by atoms with Crippen molar-refractivity contribution in [2.24, 2.45) is 5.92 Å². The SMILES string of the molecule is CC(C)CNC(=S)NC1CCN(C)C1. The molecular formula is C10H21N3S. The monoisotopic (exact) mass is 215 g/mol. The number of rotatable bonds is 3. The zero-order valence-corrected chi connectivity index (χ0v) is 10.2. The molecule has 1 unspecified atom stereocenters. The van der Waals surface area contributed by atoms with Crippen LogP contribution in [0.4, 0.5) is 0 Å². The van der Waals surface area contributed by atoms with E-state index in [4.69, 9.17) is 12.2 Å². The molecule has 1 rings (SSSR count). The van der Waals surface area contributed by atoms with Crippen LogP contribution in [0.25, 0.3) is 0 Å². The molecule has 0 aromatic rings. The molecule has 1 aliphatic heterocycles. The molecule has 0 radical (unpaired) electrons. The lowest BCUT2D eigenvalue weighted by molar-refractivity contribution is 0.407. The van der Waals surface area contributed by atoms with Crippen molar-refractivity contribution in [3.63, 3.8) is 0 Å². The van der Waals surface area contributed by atoms with E-state index in [9.17, 15) is 0 Å². The molecule has 1 atom stereocenters. The molecule has 0 aliphatic carbocycles. The van der Waals surface area contributed by atoms with Crippen molar-refractivity contribution in [1.29, 1.82) is 0 Å². The maximum atomic E-state index is 5.21. The smallest absolute Gasteiger partial charge is 0.166 e. The average molecular weight is 215 g/mol. The number of likely N-dealkylation sites (tertiary alicyclic amines) is 1. The molecule has 1 saturated heterocycles. The topological polar surface area (TPSA) is 27.3 Å². The van der Waals surface area contributed by atoms with Gasteiger partial charge in [0.05, 0.1) is 0 Å². The number of nitrogens with one attached hydrogen (secondary N) is 2. The molecule has 0 aromatic heterocycles. The standard InChI is InChI=1S/C10H21N3S/c1-8(2)6-11-10(14)12-9-4-5-13(3)7-9/h8-9H,4-7H2,1-3H3,(H2,11,12,14). The van der Waals surface area contributed by atoms with Crippen LogP contribution in [0.1, 0.15) is 20.3 Å². The van der Waals surface area contributed by atoms with Gasteiger partial charge in [-0.2, -0.15) is 0 Å². The summed E-state index contributed by atoms with van der Waals surface area (Å²) in [5.74, 6) is 0.640. The summed E-state index contributed by atoms with van der Waals surface area (Å²) in [6.07, 6.45) is 1.19. The summed E-state index contributed by atoms with van der Waals surface area (Å²) in [7, 11) is 2.15. The molecule has 82 valence electrons. The minimum atomic E-state index is 0.534. The third-order valence-corrected chi connectivity index (χ3v) is 2.66. The summed E-state index contributed by atoms with van der Waals surface area (Å²) in [6, 6.07) is 0.534. The summed E-state index contributed by atoms with van der Waals surface area (Å²) in [5.41, 5.74) is 0. The van der Waals surface area contributed by atoms with Gasteiger partial charge >= 0.3 is 0 Å². The van der Waals surface area contributed by atoms with Gasteiger partial charge in [0, 0.05) is 19.1 Å². The molecule has 1 heterocycles. The van der Waals surface area contributed by atoms with Gasteiger partial charge < -0.3 is 15.5 Å². The van der Waals surface area contributed by atoms with Gasteiger partial charge in [-0.1, -0.05) is 13.8 Å². The Morgan fingerprint density at radius 1 is 1.57 bits per heavy atom. The van der Waals surface area contributed by atoms with Gasteiger partial charge in [-0.3, -0.25) is 0 Å². The number of nitrogens with zero attached hydrogens (tertiary/aromatic N) is 1. The van der Waals surface area contributed by atoms with Crippen molar-refractivity contribution >= 4 is 17.3 Å². The van der Waals surface area contributed by atoms with E-state index < -0.39 is 0 Å². The van der Waals surface area contributed by atoms with Crippen LogP contribution >= 0.6 is 12.2 Å². The molecule has 0 saturated carbocycles. The maximum Gasteiger partial charge on any atom is 0.166 e. The summed E-state index contributed by atoms with van der Waals surface area (Å²) in [6.45, 7) is 7.58. The fraction of sp³-hybridized carbons (Fsp3) is 0.900. The Morgan fingerprint density at radius 3 is 2.79 bits per heavy atom. The highest BCUT2D eigenvalue weighted by molar-refractivity contribution is 7.80. The van der Waals surface area contributed by atoms with Crippen molar-refractivity contribution in [2.75, 3.05) is 26.7 Å². The van der Waals surface area contributed by atoms with E-state index in [0.29, 0.717) is 12.0 Å². The van der Waals surface area contributed by atoms with Crippen LogP contribution in [-0.2, 0) is 0 Å². The Hall–Kier alpha value is -0.350. The first-order valence-corrected chi connectivity index (χ1v) is 5.71. The molecule has 2 N–H and O–H groups in total. The van der Waals surface area contributed by atoms with Gasteiger partial charge in [-0.05, 0) is 38.1 Å². The zero-order valence-electron chi connectivity index (χ0n) is 9.34. The molecule has 3 nitrogen and oxygen atoms in total. The highest BCUT2D eigenvalue weighted by atomic mass is 32.1. The quantitative estimate of drug-likeness (QED) is 0.681. The Labute approximate surface area is 92.2 Å². The Morgan fingerprint density at radius 2 is 2.29 bits per heavy atom. The van der Waals surface area contributed by atoms with Gasteiger partial charge in [0.2, 0.25) is 0 Å². The van der Waals surface area contributed by atoms with E-state index in [0.717, 1.165) is 18.2 Å². The van der Waals surface area contributed by atoms with Crippen molar-refractivity contribution in [3.8, 4) is 0 Å². The molecule has 1 aliphatic rings. The molecule has 0 amide bonds. The minimum absolute atomic E-state index is 0.534. The molecule has 1 fully saturated rings. The van der Waals surface area contributed by atoms with Crippen LogP contribution in [0.3, 0.4) is 0 Å². The number of hydrogen-bond acceptors (Lipinski definition) is 2. The van der Waals surface area contributed by atoms with E-state index in [1.165, 1.54) is 13.0 Å². The van der Waals surface area contributed by atoms with Gasteiger partial charge in [-0.15, -0.1) is 0 Å². The summed E-state index contributed by atoms with van der Waals surface area (Å²) in [5, 5.41) is 7.37. The predicted molar refractivity (Wildman–Crippen MR) is 64.5 cm³/mol. The Balaban J connectivity index is 2.14. The van der Waals surface area contributed by atoms with Gasteiger partial charge in [0.1, 0.15) is 0 Å². The Bertz CT molecular complexity index is 194. The number of hydrogen-bond donors (Lipinski definition) is 2. The fourth-order valence-corrected chi connectivity index (χ4v) is 1.84. The van der Waals surface area contributed by atoms with E-state index in [1.807, 2.05) is 0 Å². The van der Waals surface area contributed by atoms with E-state index in [2.05, 4.69) is 36.4 Å². The summed E-state index contributed by atoms with van der Waals surface area (Å²) in [4.78, 5) is 2.32. The first kappa shape index (κ1) is 11.7. The maximum absolute atomic E-state index is 5.21. The number of thiocarbonyl (C=S) groups is 1. The minimum Gasteiger partial charge on any atom is -0.362 e. The van der Waals surface area contributed by atoms with E-state index in [1.54, 1.807) is 0 Å². The van der Waals surface area contributed by atoms with Gasteiger partial charge in [-0.25, -0.2) is 0 Å².